The Balaban J connectivity index is 1.49. The first-order valence-corrected chi connectivity index (χ1v) is 11.3. The van der Waals surface area contributed by atoms with E-state index in [-0.39, 0.29) is 0 Å². The summed E-state index contributed by atoms with van der Waals surface area (Å²) in [5.74, 6) is 0.872. The number of likely N-dealkylation sites (tertiary alicyclic amines) is 1. The Morgan fingerprint density at radius 2 is 1.91 bits per heavy atom. The Hall–Kier alpha value is -3.16. The summed E-state index contributed by atoms with van der Waals surface area (Å²) in [5.41, 5.74) is 6.24. The van der Waals surface area contributed by atoms with Crippen LogP contribution in [0.1, 0.15) is 24.4 Å². The molecular formula is C24H24ClN7. The van der Waals surface area contributed by atoms with Crippen molar-refractivity contribution in [2.45, 2.75) is 26.4 Å². The van der Waals surface area contributed by atoms with Crippen molar-refractivity contribution < 1.29 is 0 Å². The summed E-state index contributed by atoms with van der Waals surface area (Å²) >= 11 is 6.28. The van der Waals surface area contributed by atoms with Gasteiger partial charge < -0.3 is 4.57 Å². The minimum atomic E-state index is 0.446. The van der Waals surface area contributed by atoms with Crippen molar-refractivity contribution >= 4 is 28.3 Å². The van der Waals surface area contributed by atoms with Crippen LogP contribution in [0.15, 0.2) is 54.7 Å². The third-order valence-electron chi connectivity index (χ3n) is 6.46. The average Bonchev–Trinajstić information content (AvgIpc) is 3.45. The fourth-order valence-electron chi connectivity index (χ4n) is 4.69. The highest BCUT2D eigenvalue weighted by molar-refractivity contribution is 6.30. The van der Waals surface area contributed by atoms with Crippen molar-refractivity contribution in [3.05, 3.63) is 71.1 Å². The number of aromatic nitrogens is 6. The van der Waals surface area contributed by atoms with Crippen molar-refractivity contribution in [3.63, 3.8) is 0 Å². The zero-order valence-corrected chi connectivity index (χ0v) is 18.9. The van der Waals surface area contributed by atoms with E-state index in [0.717, 1.165) is 64.1 Å². The first kappa shape index (κ1) is 19.5. The van der Waals surface area contributed by atoms with Crippen LogP contribution in [-0.2, 0) is 6.54 Å². The SMILES string of the molecule is CCN1CC(n2ccc(-c3cc4c(ccc5nnc(C)n54)n3Cc3cccc(Cl)c3)n2)C1. The topological polar surface area (TPSA) is 56.2 Å². The van der Waals surface area contributed by atoms with Gasteiger partial charge in [0.25, 0.3) is 0 Å². The zero-order valence-electron chi connectivity index (χ0n) is 18.1. The van der Waals surface area contributed by atoms with Crippen LogP contribution in [0.4, 0.5) is 0 Å². The van der Waals surface area contributed by atoms with Crippen LogP contribution in [-0.4, -0.2) is 53.5 Å². The molecule has 1 saturated heterocycles. The molecule has 5 aromatic rings. The van der Waals surface area contributed by atoms with E-state index in [1.807, 2.05) is 31.2 Å². The molecule has 5 heterocycles. The number of fused-ring (bicyclic) bond motifs is 3. The van der Waals surface area contributed by atoms with E-state index in [1.54, 1.807) is 0 Å². The third-order valence-corrected chi connectivity index (χ3v) is 6.69. The molecule has 0 N–H and O–H groups in total. The number of aryl methyl sites for hydroxylation is 1. The Labute approximate surface area is 190 Å². The molecule has 0 amide bonds. The van der Waals surface area contributed by atoms with Gasteiger partial charge >= 0.3 is 0 Å². The summed E-state index contributed by atoms with van der Waals surface area (Å²) in [6.07, 6.45) is 2.11. The fourth-order valence-corrected chi connectivity index (χ4v) is 4.90. The zero-order chi connectivity index (χ0) is 21.8. The Bertz CT molecular complexity index is 1440. The van der Waals surface area contributed by atoms with E-state index in [2.05, 4.69) is 66.1 Å². The lowest BCUT2D eigenvalue weighted by Gasteiger charge is -2.38. The lowest BCUT2D eigenvalue weighted by Crippen LogP contribution is -2.47. The highest BCUT2D eigenvalue weighted by Gasteiger charge is 2.27. The lowest BCUT2D eigenvalue weighted by atomic mass is 10.1. The molecule has 1 aliphatic heterocycles. The van der Waals surface area contributed by atoms with Crippen LogP contribution in [0.2, 0.25) is 5.02 Å². The van der Waals surface area contributed by atoms with Gasteiger partial charge in [0.1, 0.15) is 11.5 Å². The minimum absolute atomic E-state index is 0.446. The molecule has 1 aliphatic rings. The molecule has 4 aromatic heterocycles. The molecule has 0 atom stereocenters. The van der Waals surface area contributed by atoms with E-state index in [9.17, 15) is 0 Å². The van der Waals surface area contributed by atoms with Crippen LogP contribution in [0.3, 0.4) is 0 Å². The molecule has 7 nitrogen and oxygen atoms in total. The summed E-state index contributed by atoms with van der Waals surface area (Å²) in [6.45, 7) is 8.09. The lowest BCUT2D eigenvalue weighted by molar-refractivity contribution is 0.105. The van der Waals surface area contributed by atoms with Crippen molar-refractivity contribution in [3.8, 4) is 11.4 Å². The molecule has 6 rings (SSSR count). The second-order valence-corrected chi connectivity index (χ2v) is 8.91. The van der Waals surface area contributed by atoms with E-state index in [1.165, 1.54) is 0 Å². The second kappa shape index (κ2) is 7.46. The van der Waals surface area contributed by atoms with Crippen molar-refractivity contribution in [2.75, 3.05) is 19.6 Å². The molecule has 162 valence electrons. The summed E-state index contributed by atoms with van der Waals surface area (Å²) in [7, 11) is 0. The maximum absolute atomic E-state index is 6.28. The standard InChI is InChI=1S/C24H24ClN7/c1-3-29-14-19(15-29)31-10-9-20(28-31)22-12-23-21(7-8-24-27-26-16(2)32(23)24)30(22)13-17-5-4-6-18(25)11-17/h4-12,19H,3,13-15H2,1-2H3. The number of halogens is 1. The predicted octanol–water partition coefficient (Wildman–Crippen LogP) is 4.43. The number of hydrogen-bond acceptors (Lipinski definition) is 4. The number of rotatable bonds is 5. The summed E-state index contributed by atoms with van der Waals surface area (Å²) in [6, 6.07) is 16.9. The molecule has 0 unspecified atom stereocenters. The Morgan fingerprint density at radius 1 is 1.03 bits per heavy atom. The van der Waals surface area contributed by atoms with Gasteiger partial charge in [0.05, 0.1) is 22.8 Å². The quantitative estimate of drug-likeness (QED) is 0.401. The fraction of sp³-hybridized carbons (Fsp3) is 0.292. The van der Waals surface area contributed by atoms with E-state index in [0.29, 0.717) is 12.6 Å². The van der Waals surface area contributed by atoms with Gasteiger partial charge in [0, 0.05) is 30.9 Å². The molecular weight excluding hydrogens is 422 g/mol. The van der Waals surface area contributed by atoms with E-state index >= 15 is 0 Å². The Morgan fingerprint density at radius 3 is 2.72 bits per heavy atom. The normalized spacial score (nSPS) is 15.1. The van der Waals surface area contributed by atoms with Gasteiger partial charge in [-0.1, -0.05) is 30.7 Å². The van der Waals surface area contributed by atoms with Gasteiger partial charge in [0.2, 0.25) is 0 Å². The summed E-state index contributed by atoms with van der Waals surface area (Å²) in [4.78, 5) is 2.42. The highest BCUT2D eigenvalue weighted by atomic mass is 35.5. The minimum Gasteiger partial charge on any atom is -0.333 e. The monoisotopic (exact) mass is 445 g/mol. The predicted molar refractivity (Wildman–Crippen MR) is 126 cm³/mol. The number of nitrogens with zero attached hydrogens (tertiary/aromatic N) is 7. The van der Waals surface area contributed by atoms with Gasteiger partial charge in [-0.15, -0.1) is 10.2 Å². The van der Waals surface area contributed by atoms with Crippen molar-refractivity contribution in [1.82, 2.24) is 33.8 Å². The molecule has 0 bridgehead atoms. The second-order valence-electron chi connectivity index (χ2n) is 8.48. The molecule has 32 heavy (non-hydrogen) atoms. The molecule has 8 heteroatoms. The average molecular weight is 446 g/mol. The van der Waals surface area contributed by atoms with E-state index in [4.69, 9.17) is 16.7 Å². The van der Waals surface area contributed by atoms with Crippen LogP contribution in [0.25, 0.3) is 28.1 Å². The van der Waals surface area contributed by atoms with Gasteiger partial charge in [0.15, 0.2) is 5.65 Å². The molecule has 0 radical (unpaired) electrons. The molecule has 0 saturated carbocycles. The molecule has 0 aliphatic carbocycles. The number of likely N-dealkylation sites (N-methyl/N-ethyl adjacent to an activating group) is 1. The van der Waals surface area contributed by atoms with Crippen LogP contribution < -0.4 is 0 Å². The van der Waals surface area contributed by atoms with Gasteiger partial charge in [-0.05, 0) is 55.4 Å². The third kappa shape index (κ3) is 3.12. The van der Waals surface area contributed by atoms with Crippen molar-refractivity contribution in [2.24, 2.45) is 0 Å². The van der Waals surface area contributed by atoms with Crippen LogP contribution >= 0.6 is 11.6 Å². The number of benzene rings is 1. The smallest absolute Gasteiger partial charge is 0.161 e. The van der Waals surface area contributed by atoms with Gasteiger partial charge in [-0.2, -0.15) is 5.10 Å². The van der Waals surface area contributed by atoms with Crippen LogP contribution in [0.5, 0.6) is 0 Å². The molecule has 1 aromatic carbocycles. The molecule has 0 spiro atoms. The highest BCUT2D eigenvalue weighted by Crippen LogP contribution is 2.31. The first-order valence-electron chi connectivity index (χ1n) is 11.0. The van der Waals surface area contributed by atoms with Gasteiger partial charge in [-0.25, -0.2) is 0 Å². The van der Waals surface area contributed by atoms with Crippen molar-refractivity contribution in [1.29, 1.82) is 0 Å². The summed E-state index contributed by atoms with van der Waals surface area (Å²) in [5, 5.41) is 14.3. The number of hydrogen-bond donors (Lipinski definition) is 0. The maximum atomic E-state index is 6.28. The first-order chi connectivity index (χ1) is 15.6. The number of pyridine rings is 1. The van der Waals surface area contributed by atoms with Crippen LogP contribution in [0, 0.1) is 6.92 Å². The largest absolute Gasteiger partial charge is 0.333 e. The molecule has 1 fully saturated rings. The van der Waals surface area contributed by atoms with Gasteiger partial charge in [-0.3, -0.25) is 14.0 Å². The maximum Gasteiger partial charge on any atom is 0.161 e. The Kier molecular flexibility index (Phi) is 4.55. The van der Waals surface area contributed by atoms with E-state index < -0.39 is 0 Å². The summed E-state index contributed by atoms with van der Waals surface area (Å²) < 4.78 is 6.53.